The van der Waals surface area contributed by atoms with Crippen LogP contribution in [0.1, 0.15) is 17.1 Å². The van der Waals surface area contributed by atoms with Crippen LogP contribution in [0.4, 0.5) is 0 Å². The average molecular weight is 292 g/mol. The molecule has 0 spiro atoms. The standard InChI is InChI=1S/C13H15N3O3S/c1-9-15-11(7-14)6-13(16-9)19-12-4-2-10(3-5-12)8-20(17)18/h2-6H,7-8,14H2,1H3,(H,17,18)/p-1. The van der Waals surface area contributed by atoms with Crippen molar-refractivity contribution in [3.63, 3.8) is 0 Å². The molecule has 2 rings (SSSR count). The summed E-state index contributed by atoms with van der Waals surface area (Å²) in [7, 11) is 0. The molecular formula is C13H14N3O3S-. The topological polar surface area (TPSA) is 101 Å². The van der Waals surface area contributed by atoms with E-state index in [4.69, 9.17) is 10.5 Å². The normalized spacial score (nSPS) is 12.2. The van der Waals surface area contributed by atoms with Gasteiger partial charge >= 0.3 is 0 Å². The Morgan fingerprint density at radius 1 is 1.30 bits per heavy atom. The Balaban J connectivity index is 2.13. The molecule has 1 heterocycles. The Morgan fingerprint density at radius 2 is 2.00 bits per heavy atom. The van der Waals surface area contributed by atoms with Gasteiger partial charge in [-0.15, -0.1) is 0 Å². The molecule has 1 unspecified atom stereocenters. The molecule has 20 heavy (non-hydrogen) atoms. The molecule has 6 nitrogen and oxygen atoms in total. The van der Waals surface area contributed by atoms with E-state index in [9.17, 15) is 8.76 Å². The van der Waals surface area contributed by atoms with Gasteiger partial charge in [-0.05, 0) is 24.6 Å². The van der Waals surface area contributed by atoms with Crippen LogP contribution in [0.3, 0.4) is 0 Å². The van der Waals surface area contributed by atoms with Gasteiger partial charge in [0.25, 0.3) is 0 Å². The molecule has 0 aliphatic rings. The number of hydrogen-bond donors (Lipinski definition) is 1. The number of aryl methyl sites for hydroxylation is 1. The van der Waals surface area contributed by atoms with Crippen LogP contribution in [0.25, 0.3) is 0 Å². The summed E-state index contributed by atoms with van der Waals surface area (Å²) in [6, 6.07) is 8.46. The molecule has 106 valence electrons. The first-order chi connectivity index (χ1) is 9.56. The Labute approximate surface area is 119 Å². The molecule has 0 fully saturated rings. The summed E-state index contributed by atoms with van der Waals surface area (Å²) >= 11 is -2.09. The number of nitrogens with zero attached hydrogens (tertiary/aromatic N) is 2. The van der Waals surface area contributed by atoms with Crippen molar-refractivity contribution in [2.75, 3.05) is 0 Å². The summed E-state index contributed by atoms with van der Waals surface area (Å²) in [6.07, 6.45) is 0. The molecular weight excluding hydrogens is 278 g/mol. The first-order valence-electron chi connectivity index (χ1n) is 5.94. The molecule has 0 aliphatic carbocycles. The molecule has 0 bridgehead atoms. The highest BCUT2D eigenvalue weighted by Gasteiger charge is 2.03. The smallest absolute Gasteiger partial charge is 0.222 e. The summed E-state index contributed by atoms with van der Waals surface area (Å²) in [4.78, 5) is 8.32. The Hall–Kier alpha value is -1.83. The second kappa shape index (κ2) is 6.56. The molecule has 1 aromatic carbocycles. The summed E-state index contributed by atoms with van der Waals surface area (Å²) < 4.78 is 26.8. The molecule has 7 heteroatoms. The summed E-state index contributed by atoms with van der Waals surface area (Å²) in [5, 5.41) is 0. The third kappa shape index (κ3) is 4.09. The minimum atomic E-state index is -2.09. The van der Waals surface area contributed by atoms with Gasteiger partial charge in [0.1, 0.15) is 11.6 Å². The van der Waals surface area contributed by atoms with E-state index in [-0.39, 0.29) is 5.75 Å². The minimum Gasteiger partial charge on any atom is -0.772 e. The fraction of sp³-hybridized carbons (Fsp3) is 0.231. The van der Waals surface area contributed by atoms with E-state index in [2.05, 4.69) is 9.97 Å². The zero-order chi connectivity index (χ0) is 14.5. The van der Waals surface area contributed by atoms with E-state index in [0.717, 1.165) is 0 Å². The van der Waals surface area contributed by atoms with Gasteiger partial charge in [-0.25, -0.2) is 4.98 Å². The van der Waals surface area contributed by atoms with Crippen LogP contribution in [-0.4, -0.2) is 18.7 Å². The fourth-order valence-electron chi connectivity index (χ4n) is 1.67. The SMILES string of the molecule is Cc1nc(CN)cc(Oc2ccc(CS(=O)[O-])cc2)n1. The van der Waals surface area contributed by atoms with Crippen molar-refractivity contribution in [3.05, 3.63) is 47.4 Å². The molecule has 2 N–H and O–H groups in total. The lowest BCUT2D eigenvalue weighted by atomic mass is 10.2. The van der Waals surface area contributed by atoms with Gasteiger partial charge < -0.3 is 15.0 Å². The van der Waals surface area contributed by atoms with Crippen LogP contribution in [0.5, 0.6) is 11.6 Å². The van der Waals surface area contributed by atoms with Gasteiger partial charge in [-0.1, -0.05) is 23.2 Å². The number of ether oxygens (including phenoxy) is 1. The summed E-state index contributed by atoms with van der Waals surface area (Å²) in [5.41, 5.74) is 6.94. The van der Waals surface area contributed by atoms with Gasteiger partial charge in [-0.3, -0.25) is 4.21 Å². The predicted octanol–water partition coefficient (Wildman–Crippen LogP) is 1.42. The van der Waals surface area contributed by atoms with Crippen LogP contribution in [0, 0.1) is 6.92 Å². The minimum absolute atomic E-state index is 0.00971. The largest absolute Gasteiger partial charge is 0.772 e. The van der Waals surface area contributed by atoms with Crippen molar-refractivity contribution in [3.8, 4) is 11.6 Å². The average Bonchev–Trinajstić information content (AvgIpc) is 2.39. The van der Waals surface area contributed by atoms with Crippen LogP contribution in [0.2, 0.25) is 0 Å². The van der Waals surface area contributed by atoms with Gasteiger partial charge in [0.2, 0.25) is 5.88 Å². The number of nitrogens with two attached hydrogens (primary N) is 1. The molecule has 0 aliphatic heterocycles. The van der Waals surface area contributed by atoms with Crippen molar-refractivity contribution in [1.29, 1.82) is 0 Å². The van der Waals surface area contributed by atoms with Crippen LogP contribution < -0.4 is 10.5 Å². The second-order valence-electron chi connectivity index (χ2n) is 4.14. The zero-order valence-electron chi connectivity index (χ0n) is 10.9. The zero-order valence-corrected chi connectivity index (χ0v) is 11.7. The van der Waals surface area contributed by atoms with Gasteiger partial charge in [-0.2, -0.15) is 4.98 Å². The van der Waals surface area contributed by atoms with Crippen LogP contribution >= 0.6 is 0 Å². The summed E-state index contributed by atoms with van der Waals surface area (Å²) in [5.74, 6) is 1.57. The van der Waals surface area contributed by atoms with E-state index >= 15 is 0 Å². The van der Waals surface area contributed by atoms with Crippen molar-refractivity contribution in [2.24, 2.45) is 5.73 Å². The fourth-order valence-corrected chi connectivity index (χ4v) is 2.13. The molecule has 0 saturated carbocycles. The molecule has 0 amide bonds. The van der Waals surface area contributed by atoms with Crippen molar-refractivity contribution >= 4 is 11.1 Å². The maximum atomic E-state index is 10.6. The number of hydrogen-bond acceptors (Lipinski definition) is 6. The molecule has 2 aromatic rings. The monoisotopic (exact) mass is 292 g/mol. The van der Waals surface area contributed by atoms with Crippen LogP contribution in [-0.2, 0) is 23.4 Å². The van der Waals surface area contributed by atoms with Crippen molar-refractivity contribution < 1.29 is 13.5 Å². The Morgan fingerprint density at radius 3 is 2.60 bits per heavy atom. The summed E-state index contributed by atoms with van der Waals surface area (Å²) in [6.45, 7) is 2.08. The van der Waals surface area contributed by atoms with Crippen molar-refractivity contribution in [2.45, 2.75) is 19.2 Å². The Kier molecular flexibility index (Phi) is 4.78. The molecule has 0 radical (unpaired) electrons. The van der Waals surface area contributed by atoms with E-state index in [1.165, 1.54) is 0 Å². The third-order valence-corrected chi connectivity index (χ3v) is 3.08. The number of rotatable bonds is 5. The Bertz CT molecular complexity index is 617. The van der Waals surface area contributed by atoms with E-state index in [1.54, 1.807) is 37.3 Å². The van der Waals surface area contributed by atoms with E-state index < -0.39 is 11.1 Å². The highest BCUT2D eigenvalue weighted by Crippen LogP contribution is 2.20. The van der Waals surface area contributed by atoms with Crippen LogP contribution in [0.15, 0.2) is 30.3 Å². The van der Waals surface area contributed by atoms with Gasteiger partial charge in [0, 0.05) is 18.4 Å². The van der Waals surface area contributed by atoms with Crippen molar-refractivity contribution in [1.82, 2.24) is 9.97 Å². The second-order valence-corrected chi connectivity index (χ2v) is 5.04. The lowest BCUT2D eigenvalue weighted by Gasteiger charge is -2.08. The highest BCUT2D eigenvalue weighted by atomic mass is 32.2. The van der Waals surface area contributed by atoms with Gasteiger partial charge in [0.15, 0.2) is 0 Å². The molecule has 1 atom stereocenters. The first-order valence-corrected chi connectivity index (χ1v) is 7.18. The maximum absolute atomic E-state index is 10.6. The molecule has 1 aromatic heterocycles. The highest BCUT2D eigenvalue weighted by molar-refractivity contribution is 7.78. The lowest BCUT2D eigenvalue weighted by Crippen LogP contribution is -2.03. The number of benzene rings is 1. The van der Waals surface area contributed by atoms with Gasteiger partial charge in [0.05, 0.1) is 5.69 Å². The lowest BCUT2D eigenvalue weighted by molar-refractivity contribution is 0.458. The number of aromatic nitrogens is 2. The van der Waals surface area contributed by atoms with E-state index in [0.29, 0.717) is 35.3 Å². The first kappa shape index (κ1) is 14.6. The molecule has 0 saturated heterocycles. The predicted molar refractivity (Wildman–Crippen MR) is 73.8 cm³/mol. The third-order valence-electron chi connectivity index (χ3n) is 2.51. The maximum Gasteiger partial charge on any atom is 0.222 e. The quantitative estimate of drug-likeness (QED) is 0.836. The van der Waals surface area contributed by atoms with E-state index in [1.807, 2.05) is 0 Å².